The maximum absolute atomic E-state index is 12.2. The number of hydrogen-bond acceptors (Lipinski definition) is 6. The second kappa shape index (κ2) is 6.20. The lowest BCUT2D eigenvalue weighted by Gasteiger charge is -2.10. The Hall–Kier alpha value is -2.32. The molecule has 25 heavy (non-hydrogen) atoms. The summed E-state index contributed by atoms with van der Waals surface area (Å²) >= 11 is 3.49. The number of benzene rings is 1. The van der Waals surface area contributed by atoms with Crippen LogP contribution in [0.15, 0.2) is 46.8 Å². The van der Waals surface area contributed by atoms with E-state index in [0.29, 0.717) is 11.5 Å². The molecule has 2 atom stereocenters. The summed E-state index contributed by atoms with van der Waals surface area (Å²) in [5, 5.41) is 6.34. The van der Waals surface area contributed by atoms with Gasteiger partial charge in [-0.1, -0.05) is 22.0 Å². The molecular weight excluding hydrogens is 386 g/mol. The van der Waals surface area contributed by atoms with Crippen molar-refractivity contribution in [2.75, 3.05) is 14.2 Å². The van der Waals surface area contributed by atoms with E-state index in [1.54, 1.807) is 6.20 Å². The maximum atomic E-state index is 12.2. The number of nitrogens with zero attached hydrogens (tertiary/aromatic N) is 3. The zero-order chi connectivity index (χ0) is 17.6. The summed E-state index contributed by atoms with van der Waals surface area (Å²) in [4.78, 5) is 12.2. The fraction of sp³-hybridized carbons (Fsp3) is 0.294. The topological polar surface area (TPSA) is 71.4 Å². The van der Waals surface area contributed by atoms with Gasteiger partial charge in [-0.15, -0.1) is 5.53 Å². The van der Waals surface area contributed by atoms with Crippen LogP contribution in [0, 0.1) is 5.92 Å². The number of ether oxygens (including phenoxy) is 1. The summed E-state index contributed by atoms with van der Waals surface area (Å²) in [6.45, 7) is 0. The van der Waals surface area contributed by atoms with E-state index >= 15 is 0 Å². The van der Waals surface area contributed by atoms with Crippen molar-refractivity contribution in [3.8, 4) is 5.69 Å². The molecular formula is C17H18BrN5O2. The van der Waals surface area contributed by atoms with Gasteiger partial charge in [0, 0.05) is 35.3 Å². The molecule has 4 rings (SSSR count). The third kappa shape index (κ3) is 2.91. The van der Waals surface area contributed by atoms with Crippen LogP contribution in [-0.4, -0.2) is 34.9 Å². The summed E-state index contributed by atoms with van der Waals surface area (Å²) in [5.74, 6) is 0.177. The molecule has 7 nitrogen and oxygen atoms in total. The first kappa shape index (κ1) is 16.2. The van der Waals surface area contributed by atoms with Crippen molar-refractivity contribution in [3.05, 3.63) is 58.1 Å². The molecule has 2 N–H and O–H groups in total. The molecule has 0 saturated heterocycles. The Morgan fingerprint density at radius 1 is 1.40 bits per heavy atom. The fourth-order valence-corrected chi connectivity index (χ4v) is 3.64. The van der Waals surface area contributed by atoms with Crippen molar-refractivity contribution < 1.29 is 9.53 Å². The minimum atomic E-state index is -0.356. The Kier molecular flexibility index (Phi) is 4.01. The van der Waals surface area contributed by atoms with Crippen LogP contribution in [0.1, 0.15) is 28.4 Å². The monoisotopic (exact) mass is 403 g/mol. The number of allylic oxidation sites excluding steroid dienone is 1. The van der Waals surface area contributed by atoms with Crippen LogP contribution in [0.3, 0.4) is 0 Å². The van der Waals surface area contributed by atoms with Gasteiger partial charge in [0.25, 0.3) is 0 Å². The number of nitrogens with one attached hydrogen (secondary N) is 2. The van der Waals surface area contributed by atoms with E-state index in [1.807, 2.05) is 47.2 Å². The molecule has 1 saturated carbocycles. The summed E-state index contributed by atoms with van der Waals surface area (Å²) < 4.78 is 7.76. The Balaban J connectivity index is 1.74. The molecule has 2 unspecified atom stereocenters. The van der Waals surface area contributed by atoms with E-state index in [0.717, 1.165) is 28.0 Å². The molecule has 2 aliphatic rings. The van der Waals surface area contributed by atoms with E-state index in [4.69, 9.17) is 4.74 Å². The molecule has 1 aliphatic carbocycles. The first-order valence-electron chi connectivity index (χ1n) is 7.97. The second-order valence-electron chi connectivity index (χ2n) is 6.21. The van der Waals surface area contributed by atoms with Crippen LogP contribution < -0.4 is 11.0 Å². The van der Waals surface area contributed by atoms with Gasteiger partial charge < -0.3 is 10.2 Å². The summed E-state index contributed by atoms with van der Waals surface area (Å²) in [6, 6.07) is 7.87. The number of carbonyl (C=O) groups excluding carboxylic acids is 1. The minimum Gasteiger partial charge on any atom is -0.465 e. The number of aromatic nitrogens is 2. The number of esters is 1. The van der Waals surface area contributed by atoms with Crippen molar-refractivity contribution >= 4 is 21.9 Å². The zero-order valence-corrected chi connectivity index (χ0v) is 15.4. The highest BCUT2D eigenvalue weighted by Crippen LogP contribution is 2.52. The van der Waals surface area contributed by atoms with E-state index in [-0.39, 0.29) is 11.9 Å². The number of hydrogen-bond donors (Lipinski definition) is 2. The predicted octanol–water partition coefficient (Wildman–Crippen LogP) is 2.32. The minimum absolute atomic E-state index is 0.211. The molecule has 0 radical (unpaired) electrons. The fourth-order valence-electron chi connectivity index (χ4n) is 3.25. The Morgan fingerprint density at radius 2 is 2.24 bits per heavy atom. The highest BCUT2D eigenvalue weighted by Gasteiger charge is 2.46. The van der Waals surface area contributed by atoms with Crippen LogP contribution in [0.25, 0.3) is 5.69 Å². The lowest BCUT2D eigenvalue weighted by molar-refractivity contribution is 0.0599. The smallest absolute Gasteiger partial charge is 0.341 e. The van der Waals surface area contributed by atoms with Gasteiger partial charge in [0.15, 0.2) is 0 Å². The van der Waals surface area contributed by atoms with Gasteiger partial charge in [-0.25, -0.2) is 9.48 Å². The van der Waals surface area contributed by atoms with Gasteiger partial charge in [0.1, 0.15) is 5.56 Å². The highest BCUT2D eigenvalue weighted by atomic mass is 79.9. The number of rotatable bonds is 4. The molecule has 0 bridgehead atoms. The number of hydrazine groups is 2. The summed E-state index contributed by atoms with van der Waals surface area (Å²) in [7, 11) is 3.33. The Labute approximate surface area is 153 Å². The van der Waals surface area contributed by atoms with Gasteiger partial charge in [-0.3, -0.25) is 5.01 Å². The standard InChI is InChI=1S/C17H18BrN5O2/c1-22-9-15(20-21-22)12-7-13(12)16-14(17(24)25-2)8-19-23(16)11-5-3-4-10(18)6-11/h3-6,8-9,12-13,20-21H,7H2,1-2H3. The van der Waals surface area contributed by atoms with Crippen LogP contribution in [0.5, 0.6) is 0 Å². The van der Waals surface area contributed by atoms with Gasteiger partial charge in [0.05, 0.1) is 24.7 Å². The molecule has 0 spiro atoms. The molecule has 1 aliphatic heterocycles. The van der Waals surface area contributed by atoms with Crippen LogP contribution in [-0.2, 0) is 4.74 Å². The number of halogens is 1. The molecule has 1 aromatic carbocycles. The number of methoxy groups -OCH3 is 1. The first-order chi connectivity index (χ1) is 12.1. The SMILES string of the molecule is COC(=O)c1cnn(-c2cccc(Br)c2)c1C1CC1C1=CN(C)NN1. The van der Waals surface area contributed by atoms with Gasteiger partial charge in [-0.05, 0) is 24.6 Å². The van der Waals surface area contributed by atoms with Crippen LogP contribution >= 0.6 is 15.9 Å². The zero-order valence-electron chi connectivity index (χ0n) is 13.9. The van der Waals surface area contributed by atoms with E-state index < -0.39 is 0 Å². The van der Waals surface area contributed by atoms with Crippen molar-refractivity contribution in [3.63, 3.8) is 0 Å². The second-order valence-corrected chi connectivity index (χ2v) is 7.12. The van der Waals surface area contributed by atoms with Gasteiger partial charge in [0.2, 0.25) is 0 Å². The van der Waals surface area contributed by atoms with Crippen molar-refractivity contribution in [2.45, 2.75) is 12.3 Å². The largest absolute Gasteiger partial charge is 0.465 e. The van der Waals surface area contributed by atoms with Crippen LogP contribution in [0.2, 0.25) is 0 Å². The van der Waals surface area contributed by atoms with Crippen LogP contribution in [0.4, 0.5) is 0 Å². The number of carbonyl (C=O) groups is 1. The van der Waals surface area contributed by atoms with Gasteiger partial charge in [-0.2, -0.15) is 5.10 Å². The molecule has 2 aromatic rings. The lowest BCUT2D eigenvalue weighted by Crippen LogP contribution is -2.33. The third-order valence-corrected chi connectivity index (χ3v) is 5.01. The quantitative estimate of drug-likeness (QED) is 0.763. The Morgan fingerprint density at radius 3 is 2.92 bits per heavy atom. The molecule has 1 aromatic heterocycles. The molecule has 130 valence electrons. The molecule has 8 heteroatoms. The first-order valence-corrected chi connectivity index (χ1v) is 8.76. The molecule has 0 amide bonds. The van der Waals surface area contributed by atoms with Gasteiger partial charge >= 0.3 is 5.97 Å². The highest BCUT2D eigenvalue weighted by molar-refractivity contribution is 9.10. The van der Waals surface area contributed by atoms with Crippen molar-refractivity contribution in [1.29, 1.82) is 0 Å². The van der Waals surface area contributed by atoms with Crippen molar-refractivity contribution in [2.24, 2.45) is 5.92 Å². The normalized spacial score (nSPS) is 21.7. The summed E-state index contributed by atoms with van der Waals surface area (Å²) in [5.41, 5.74) is 9.65. The average molecular weight is 404 g/mol. The third-order valence-electron chi connectivity index (χ3n) is 4.51. The Bertz CT molecular complexity index is 862. The molecule has 1 fully saturated rings. The van der Waals surface area contributed by atoms with Crippen molar-refractivity contribution in [1.82, 2.24) is 25.7 Å². The van der Waals surface area contributed by atoms with E-state index in [1.165, 1.54) is 7.11 Å². The molecule has 2 heterocycles. The lowest BCUT2D eigenvalue weighted by atomic mass is 10.1. The van der Waals surface area contributed by atoms with E-state index in [9.17, 15) is 4.79 Å². The summed E-state index contributed by atoms with van der Waals surface area (Å²) in [6.07, 6.45) is 4.58. The average Bonchev–Trinajstić information content (AvgIpc) is 3.06. The maximum Gasteiger partial charge on any atom is 0.341 e. The van der Waals surface area contributed by atoms with E-state index in [2.05, 4.69) is 32.0 Å². The predicted molar refractivity (Wildman–Crippen MR) is 95.6 cm³/mol.